The number of nitrogens with one attached hydrogen (secondary N) is 1. The van der Waals surface area contributed by atoms with Crippen LogP contribution in [0.4, 0.5) is 5.69 Å². The number of carbonyl (C=O) groups excluding carboxylic acids is 1. The van der Waals surface area contributed by atoms with E-state index in [-0.39, 0.29) is 23.7 Å². The molecule has 0 aliphatic rings. The molecule has 0 saturated heterocycles. The van der Waals surface area contributed by atoms with E-state index in [4.69, 9.17) is 16.0 Å². The number of rotatable bonds is 3. The molecule has 3 rings (SSSR count). The minimum absolute atomic E-state index is 0.157. The zero-order valence-electron chi connectivity index (χ0n) is 13.5. The second-order valence-corrected chi connectivity index (χ2v) is 6.08. The van der Waals surface area contributed by atoms with E-state index in [0.717, 1.165) is 11.1 Å². The molecule has 0 fully saturated rings. The Labute approximate surface area is 143 Å². The molecule has 0 atom stereocenters. The molecule has 6 nitrogen and oxygen atoms in total. The average molecular weight is 346 g/mol. The number of halogens is 1. The molecule has 0 aliphatic carbocycles. The first-order valence-corrected chi connectivity index (χ1v) is 7.75. The molecule has 0 aliphatic heterocycles. The number of fused-ring (bicyclic) bond motifs is 1. The van der Waals surface area contributed by atoms with Crippen LogP contribution < -0.4 is 10.9 Å². The van der Waals surface area contributed by atoms with Crippen molar-refractivity contribution < 1.29 is 9.21 Å². The molecule has 24 heavy (non-hydrogen) atoms. The van der Waals surface area contributed by atoms with Gasteiger partial charge in [-0.05, 0) is 38.5 Å². The zero-order chi connectivity index (χ0) is 17.4. The molecule has 2 aromatic heterocycles. The molecule has 0 bridgehead atoms. The minimum Gasteiger partial charge on any atom is -0.443 e. The van der Waals surface area contributed by atoms with Gasteiger partial charge in [0.2, 0.25) is 11.6 Å². The van der Waals surface area contributed by atoms with Gasteiger partial charge >= 0.3 is 0 Å². The SMILES string of the molecule is Cc1ccc(NC(=O)Cn2cnc3oc(C)c(C)c3c2=O)c(Cl)c1. The van der Waals surface area contributed by atoms with Crippen molar-refractivity contribution >= 4 is 34.3 Å². The number of aryl methyl sites for hydroxylation is 3. The summed E-state index contributed by atoms with van der Waals surface area (Å²) in [5, 5.41) is 3.55. The van der Waals surface area contributed by atoms with Gasteiger partial charge in [-0.3, -0.25) is 14.2 Å². The Morgan fingerprint density at radius 1 is 1.33 bits per heavy atom. The minimum atomic E-state index is -0.359. The van der Waals surface area contributed by atoms with Gasteiger partial charge < -0.3 is 9.73 Å². The number of benzene rings is 1. The van der Waals surface area contributed by atoms with Crippen LogP contribution in [0.1, 0.15) is 16.9 Å². The van der Waals surface area contributed by atoms with Crippen LogP contribution in [-0.4, -0.2) is 15.5 Å². The predicted octanol–water partition coefficient (Wildman–Crippen LogP) is 3.21. The summed E-state index contributed by atoms with van der Waals surface area (Å²) in [6, 6.07) is 5.33. The molecule has 2 heterocycles. The Bertz CT molecular complexity index is 1000. The highest BCUT2D eigenvalue weighted by molar-refractivity contribution is 6.33. The Hall–Kier alpha value is -2.60. The van der Waals surface area contributed by atoms with Gasteiger partial charge in [0.1, 0.15) is 24.0 Å². The zero-order valence-corrected chi connectivity index (χ0v) is 14.3. The largest absolute Gasteiger partial charge is 0.443 e. The van der Waals surface area contributed by atoms with Gasteiger partial charge in [0.05, 0.1) is 10.7 Å². The van der Waals surface area contributed by atoms with Crippen molar-refractivity contribution in [1.29, 1.82) is 0 Å². The van der Waals surface area contributed by atoms with Crippen LogP contribution in [0.25, 0.3) is 11.1 Å². The lowest BCUT2D eigenvalue weighted by Gasteiger charge is -2.09. The first-order chi connectivity index (χ1) is 11.4. The number of carbonyl (C=O) groups is 1. The van der Waals surface area contributed by atoms with Crippen molar-refractivity contribution in [2.45, 2.75) is 27.3 Å². The molecule has 0 saturated carbocycles. The molecule has 1 amide bonds. The fraction of sp³-hybridized carbons (Fsp3) is 0.235. The highest BCUT2D eigenvalue weighted by Gasteiger charge is 2.15. The van der Waals surface area contributed by atoms with E-state index in [9.17, 15) is 9.59 Å². The van der Waals surface area contributed by atoms with Gasteiger partial charge in [0, 0.05) is 5.56 Å². The van der Waals surface area contributed by atoms with Crippen molar-refractivity contribution in [1.82, 2.24) is 9.55 Å². The molecule has 1 aromatic carbocycles. The van der Waals surface area contributed by atoms with E-state index < -0.39 is 0 Å². The van der Waals surface area contributed by atoms with Crippen LogP contribution in [0.15, 0.2) is 33.7 Å². The summed E-state index contributed by atoms with van der Waals surface area (Å²) < 4.78 is 6.67. The number of amides is 1. The van der Waals surface area contributed by atoms with Crippen LogP contribution in [-0.2, 0) is 11.3 Å². The fourth-order valence-electron chi connectivity index (χ4n) is 2.45. The Morgan fingerprint density at radius 3 is 2.79 bits per heavy atom. The lowest BCUT2D eigenvalue weighted by atomic mass is 10.2. The van der Waals surface area contributed by atoms with Crippen molar-refractivity contribution in [3.63, 3.8) is 0 Å². The van der Waals surface area contributed by atoms with Crippen LogP contribution in [0.5, 0.6) is 0 Å². The molecule has 124 valence electrons. The van der Waals surface area contributed by atoms with Crippen LogP contribution >= 0.6 is 11.6 Å². The summed E-state index contributed by atoms with van der Waals surface area (Å²) in [5.41, 5.74) is 2.21. The molecule has 0 spiro atoms. The third kappa shape index (κ3) is 2.92. The standard InChI is InChI=1S/C17H16ClN3O3/c1-9-4-5-13(12(18)6-9)20-14(22)7-21-8-19-16-15(17(21)23)10(2)11(3)24-16/h4-6,8H,7H2,1-3H3,(H,20,22). The second-order valence-electron chi connectivity index (χ2n) is 5.67. The predicted molar refractivity (Wildman–Crippen MR) is 92.6 cm³/mol. The summed E-state index contributed by atoms with van der Waals surface area (Å²) in [5.74, 6) is 0.283. The summed E-state index contributed by atoms with van der Waals surface area (Å²) >= 11 is 6.10. The maximum Gasteiger partial charge on any atom is 0.265 e. The number of anilines is 1. The van der Waals surface area contributed by atoms with Crippen LogP contribution in [0.2, 0.25) is 5.02 Å². The third-order valence-electron chi connectivity index (χ3n) is 3.87. The second kappa shape index (κ2) is 6.13. The highest BCUT2D eigenvalue weighted by Crippen LogP contribution is 2.23. The number of hydrogen-bond donors (Lipinski definition) is 1. The maximum absolute atomic E-state index is 12.5. The molecular weight excluding hydrogens is 330 g/mol. The van der Waals surface area contributed by atoms with E-state index in [1.807, 2.05) is 13.0 Å². The fourth-order valence-corrected chi connectivity index (χ4v) is 2.73. The van der Waals surface area contributed by atoms with Gasteiger partial charge in [0.25, 0.3) is 5.56 Å². The lowest BCUT2D eigenvalue weighted by Crippen LogP contribution is -2.28. The maximum atomic E-state index is 12.5. The van der Waals surface area contributed by atoms with E-state index >= 15 is 0 Å². The normalized spacial score (nSPS) is 11.0. The molecule has 0 unspecified atom stereocenters. The summed E-state index contributed by atoms with van der Waals surface area (Å²) in [6.07, 6.45) is 1.31. The Kier molecular flexibility index (Phi) is 4.15. The van der Waals surface area contributed by atoms with Gasteiger partial charge in [-0.15, -0.1) is 0 Å². The monoisotopic (exact) mass is 345 g/mol. The van der Waals surface area contributed by atoms with E-state index in [2.05, 4.69) is 10.3 Å². The summed E-state index contributed by atoms with van der Waals surface area (Å²) in [4.78, 5) is 28.8. The van der Waals surface area contributed by atoms with Gasteiger partial charge in [0.15, 0.2) is 0 Å². The summed E-state index contributed by atoms with van der Waals surface area (Å²) in [6.45, 7) is 5.32. The summed E-state index contributed by atoms with van der Waals surface area (Å²) in [7, 11) is 0. The number of furan rings is 1. The van der Waals surface area contributed by atoms with Crippen molar-refractivity contribution in [3.8, 4) is 0 Å². The third-order valence-corrected chi connectivity index (χ3v) is 4.18. The Balaban J connectivity index is 1.87. The van der Waals surface area contributed by atoms with Crippen LogP contribution in [0.3, 0.4) is 0 Å². The van der Waals surface area contributed by atoms with Crippen molar-refractivity contribution in [2.24, 2.45) is 0 Å². The van der Waals surface area contributed by atoms with Crippen LogP contribution in [0, 0.1) is 20.8 Å². The smallest absolute Gasteiger partial charge is 0.265 e. The topological polar surface area (TPSA) is 77.1 Å². The van der Waals surface area contributed by atoms with Crippen molar-refractivity contribution in [2.75, 3.05) is 5.32 Å². The molecule has 1 N–H and O–H groups in total. The number of aromatic nitrogens is 2. The molecular formula is C17H16ClN3O3. The lowest BCUT2D eigenvalue weighted by molar-refractivity contribution is -0.116. The van der Waals surface area contributed by atoms with E-state index in [0.29, 0.717) is 21.9 Å². The van der Waals surface area contributed by atoms with Gasteiger partial charge in [-0.1, -0.05) is 17.7 Å². The molecule has 0 radical (unpaired) electrons. The number of nitrogens with zero attached hydrogens (tertiary/aromatic N) is 2. The highest BCUT2D eigenvalue weighted by atomic mass is 35.5. The first-order valence-electron chi connectivity index (χ1n) is 7.38. The average Bonchev–Trinajstić information content (AvgIpc) is 2.81. The molecule has 3 aromatic rings. The molecule has 7 heteroatoms. The van der Waals surface area contributed by atoms with E-state index in [1.165, 1.54) is 10.9 Å². The van der Waals surface area contributed by atoms with Gasteiger partial charge in [-0.2, -0.15) is 0 Å². The quantitative estimate of drug-likeness (QED) is 0.790. The Morgan fingerprint density at radius 2 is 2.08 bits per heavy atom. The van der Waals surface area contributed by atoms with Gasteiger partial charge in [-0.25, -0.2) is 4.98 Å². The van der Waals surface area contributed by atoms with Crippen molar-refractivity contribution in [3.05, 3.63) is 56.8 Å². The first kappa shape index (κ1) is 16.3. The van der Waals surface area contributed by atoms with E-state index in [1.54, 1.807) is 26.0 Å². The number of hydrogen-bond acceptors (Lipinski definition) is 4.